The summed E-state index contributed by atoms with van der Waals surface area (Å²) in [5.41, 5.74) is 1.00. The van der Waals surface area contributed by atoms with Crippen LogP contribution in [0, 0.1) is 5.92 Å². The van der Waals surface area contributed by atoms with Crippen molar-refractivity contribution in [2.24, 2.45) is 5.92 Å². The van der Waals surface area contributed by atoms with Crippen LogP contribution in [0.3, 0.4) is 0 Å². The van der Waals surface area contributed by atoms with E-state index < -0.39 is 0 Å². The number of benzene rings is 1. The minimum Gasteiger partial charge on any atom is -0.300 e. The smallest absolute Gasteiger partial charge is 0.247 e. The van der Waals surface area contributed by atoms with Gasteiger partial charge in [-0.25, -0.2) is 4.98 Å². The second-order valence-corrected chi connectivity index (χ2v) is 8.12. The van der Waals surface area contributed by atoms with Crippen molar-refractivity contribution < 1.29 is 9.59 Å². The van der Waals surface area contributed by atoms with Crippen molar-refractivity contribution >= 4 is 33.4 Å². The van der Waals surface area contributed by atoms with Gasteiger partial charge in [-0.2, -0.15) is 0 Å². The third-order valence-corrected chi connectivity index (χ3v) is 5.35. The molecule has 0 bridgehead atoms. The van der Waals surface area contributed by atoms with Crippen LogP contribution in [0.4, 0.5) is 5.82 Å². The van der Waals surface area contributed by atoms with Gasteiger partial charge in [-0.05, 0) is 42.7 Å². The molecule has 0 aliphatic carbocycles. The third kappa shape index (κ3) is 4.12. The van der Waals surface area contributed by atoms with Crippen LogP contribution < -0.4 is 4.90 Å². The second kappa shape index (κ2) is 8.31. The molecule has 142 valence electrons. The Bertz CT molecular complexity index is 808. The van der Waals surface area contributed by atoms with Crippen molar-refractivity contribution in [3.63, 3.8) is 0 Å². The first kappa shape index (κ1) is 19.7. The van der Waals surface area contributed by atoms with Gasteiger partial charge in [-0.15, -0.1) is 0 Å². The van der Waals surface area contributed by atoms with E-state index in [1.54, 1.807) is 18.0 Å². The zero-order valence-corrected chi connectivity index (χ0v) is 17.4. The minimum absolute atomic E-state index is 0.0279. The molecule has 0 radical (unpaired) electrons. The van der Waals surface area contributed by atoms with Crippen molar-refractivity contribution in [3.05, 3.63) is 58.7 Å². The molecular formula is C21H24BrN3O2. The van der Waals surface area contributed by atoms with Crippen LogP contribution in [0.2, 0.25) is 0 Å². The molecule has 2 aromatic rings. The van der Waals surface area contributed by atoms with E-state index in [9.17, 15) is 9.59 Å². The number of Topliss-reactive ketones (excluding diaryl/α,β-unsaturated/α-hetero) is 1. The molecule has 6 heteroatoms. The number of pyridine rings is 1. The highest BCUT2D eigenvalue weighted by molar-refractivity contribution is 9.10. The minimum atomic E-state index is -0.292. The molecule has 3 rings (SSSR count). The highest BCUT2D eigenvalue weighted by Crippen LogP contribution is 2.40. The van der Waals surface area contributed by atoms with Crippen molar-refractivity contribution in [1.29, 1.82) is 0 Å². The molecule has 1 fully saturated rings. The molecule has 27 heavy (non-hydrogen) atoms. The fourth-order valence-corrected chi connectivity index (χ4v) is 3.90. The predicted octanol–water partition coefficient (Wildman–Crippen LogP) is 4.20. The van der Waals surface area contributed by atoms with Crippen LogP contribution in [0.25, 0.3) is 0 Å². The molecule has 0 spiro atoms. The van der Waals surface area contributed by atoms with Crippen LogP contribution in [0.15, 0.2) is 53.1 Å². The molecule has 0 unspecified atom stereocenters. The summed E-state index contributed by atoms with van der Waals surface area (Å²) < 4.78 is 0.982. The van der Waals surface area contributed by atoms with Gasteiger partial charge in [0.05, 0.1) is 6.04 Å². The SMILES string of the molecule is CC(=O)CCN1[C@@H](C(C)C)C(=O)N(c2ccccn2)[C@H]1c1ccc(Br)cc1. The fraction of sp³-hybridized carbons (Fsp3) is 0.381. The number of hydrogen-bond donors (Lipinski definition) is 0. The standard InChI is InChI=1S/C21H24BrN3O2/c1-14(2)19-21(27)25(18-6-4-5-12-23-18)20(24(19)13-11-15(3)26)16-7-9-17(22)10-8-16/h4-10,12,14,19-20H,11,13H2,1-3H3/t19-,20-/m0/s1. The fourth-order valence-electron chi connectivity index (χ4n) is 3.63. The number of carbonyl (C=O) groups excluding carboxylic acids is 2. The van der Waals surface area contributed by atoms with Crippen LogP contribution in [0.5, 0.6) is 0 Å². The first-order chi connectivity index (χ1) is 12.9. The number of ketones is 1. The average molecular weight is 430 g/mol. The van der Waals surface area contributed by atoms with E-state index in [1.807, 2.05) is 56.3 Å². The Balaban J connectivity index is 2.10. The molecule has 2 atom stereocenters. The van der Waals surface area contributed by atoms with Crippen LogP contribution in [-0.4, -0.2) is 34.2 Å². The molecule has 1 aliphatic rings. The number of halogens is 1. The van der Waals surface area contributed by atoms with Gasteiger partial charge >= 0.3 is 0 Å². The topological polar surface area (TPSA) is 53.5 Å². The lowest BCUT2D eigenvalue weighted by molar-refractivity contribution is -0.122. The molecule has 5 nitrogen and oxygen atoms in total. The lowest BCUT2D eigenvalue weighted by Gasteiger charge is -2.32. The highest BCUT2D eigenvalue weighted by Gasteiger charge is 2.48. The number of carbonyl (C=O) groups is 2. The van der Waals surface area contributed by atoms with Gasteiger partial charge in [0.2, 0.25) is 5.91 Å². The maximum atomic E-state index is 13.4. The highest BCUT2D eigenvalue weighted by atomic mass is 79.9. The van der Waals surface area contributed by atoms with Crippen molar-refractivity contribution in [1.82, 2.24) is 9.88 Å². The summed E-state index contributed by atoms with van der Waals surface area (Å²) in [6.45, 7) is 6.22. The van der Waals surface area contributed by atoms with E-state index >= 15 is 0 Å². The summed E-state index contributed by atoms with van der Waals surface area (Å²) in [7, 11) is 0. The molecule has 0 saturated carbocycles. The summed E-state index contributed by atoms with van der Waals surface area (Å²) in [6.07, 6.45) is 1.83. The summed E-state index contributed by atoms with van der Waals surface area (Å²) in [4.78, 5) is 33.4. The summed E-state index contributed by atoms with van der Waals surface area (Å²) in [6, 6.07) is 13.3. The number of hydrogen-bond acceptors (Lipinski definition) is 4. The van der Waals surface area contributed by atoms with Gasteiger partial charge in [0.1, 0.15) is 17.8 Å². The largest absolute Gasteiger partial charge is 0.300 e. The van der Waals surface area contributed by atoms with Crippen molar-refractivity contribution in [3.8, 4) is 0 Å². The summed E-state index contributed by atoms with van der Waals surface area (Å²) in [5.74, 6) is 0.901. The van der Waals surface area contributed by atoms with Gasteiger partial charge in [0.25, 0.3) is 0 Å². The Labute approximate surface area is 168 Å². The number of nitrogens with zero attached hydrogens (tertiary/aromatic N) is 3. The molecule has 1 saturated heterocycles. The lowest BCUT2D eigenvalue weighted by atomic mass is 10.0. The second-order valence-electron chi connectivity index (χ2n) is 7.20. The van der Waals surface area contributed by atoms with Crippen LogP contribution in [-0.2, 0) is 9.59 Å². The molecule has 0 N–H and O–H groups in total. The van der Waals surface area contributed by atoms with Crippen LogP contribution in [0.1, 0.15) is 38.9 Å². The van der Waals surface area contributed by atoms with E-state index in [0.717, 1.165) is 10.0 Å². The Morgan fingerprint density at radius 2 is 1.89 bits per heavy atom. The molecule has 2 heterocycles. The van der Waals surface area contributed by atoms with Gasteiger partial charge in [0, 0.05) is 23.6 Å². The Morgan fingerprint density at radius 3 is 2.44 bits per heavy atom. The van der Waals surface area contributed by atoms with E-state index in [0.29, 0.717) is 18.8 Å². The van der Waals surface area contributed by atoms with Gasteiger partial charge < -0.3 is 0 Å². The number of anilines is 1. The van der Waals surface area contributed by atoms with Crippen molar-refractivity contribution in [2.75, 3.05) is 11.4 Å². The normalized spacial score (nSPS) is 20.5. The number of aromatic nitrogens is 1. The van der Waals surface area contributed by atoms with E-state index in [1.165, 1.54) is 0 Å². The molecular weight excluding hydrogens is 406 g/mol. The van der Waals surface area contributed by atoms with Crippen LogP contribution >= 0.6 is 15.9 Å². The zero-order chi connectivity index (χ0) is 19.6. The monoisotopic (exact) mass is 429 g/mol. The molecule has 1 amide bonds. The van der Waals surface area contributed by atoms with Gasteiger partial charge in [0.15, 0.2) is 0 Å². The first-order valence-corrected chi connectivity index (χ1v) is 9.94. The first-order valence-electron chi connectivity index (χ1n) is 9.15. The molecule has 1 aliphatic heterocycles. The molecule has 1 aromatic carbocycles. The average Bonchev–Trinajstić information content (AvgIpc) is 2.93. The van der Waals surface area contributed by atoms with E-state index in [2.05, 4.69) is 25.8 Å². The molecule has 1 aromatic heterocycles. The maximum absolute atomic E-state index is 13.4. The van der Waals surface area contributed by atoms with E-state index in [4.69, 9.17) is 0 Å². The Kier molecular flexibility index (Phi) is 6.07. The predicted molar refractivity (Wildman–Crippen MR) is 109 cm³/mol. The Morgan fingerprint density at radius 1 is 1.19 bits per heavy atom. The Hall–Kier alpha value is -2.05. The van der Waals surface area contributed by atoms with Crippen molar-refractivity contribution in [2.45, 2.75) is 39.4 Å². The van der Waals surface area contributed by atoms with E-state index in [-0.39, 0.29) is 29.8 Å². The van der Waals surface area contributed by atoms with Gasteiger partial charge in [-0.3, -0.25) is 19.4 Å². The zero-order valence-electron chi connectivity index (χ0n) is 15.8. The summed E-state index contributed by atoms with van der Waals surface area (Å²) >= 11 is 3.47. The third-order valence-electron chi connectivity index (χ3n) is 4.82. The quantitative estimate of drug-likeness (QED) is 0.690. The summed E-state index contributed by atoms with van der Waals surface area (Å²) in [5, 5.41) is 0. The lowest BCUT2D eigenvalue weighted by Crippen LogP contribution is -2.39. The maximum Gasteiger partial charge on any atom is 0.247 e. The number of rotatable bonds is 6. The number of amides is 1. The van der Waals surface area contributed by atoms with Gasteiger partial charge in [-0.1, -0.05) is 48.0 Å².